The lowest BCUT2D eigenvalue weighted by Gasteiger charge is -2.36. The number of fused-ring (bicyclic) bond motifs is 1. The van der Waals surface area contributed by atoms with Gasteiger partial charge in [-0.15, -0.1) is 23.2 Å². The number of hydrogen-bond acceptors (Lipinski definition) is 2. The highest BCUT2D eigenvalue weighted by atomic mass is 35.5. The van der Waals surface area contributed by atoms with Gasteiger partial charge >= 0.3 is 0 Å². The minimum Gasteiger partial charge on any atom is -0.305 e. The zero-order valence-electron chi connectivity index (χ0n) is 14.6. The van der Waals surface area contributed by atoms with Crippen molar-refractivity contribution in [2.45, 2.75) is 54.4 Å². The Morgan fingerprint density at radius 3 is 2.35 bits per heavy atom. The molecular formula is C22H23Cl2NO. The number of Topliss-reactive ketones (excluding diaryl/α,β-unsaturated/α-hetero) is 1. The summed E-state index contributed by atoms with van der Waals surface area (Å²) < 4.78 is 0. The van der Waals surface area contributed by atoms with Crippen LogP contribution in [0.3, 0.4) is 0 Å². The van der Waals surface area contributed by atoms with Gasteiger partial charge in [0.2, 0.25) is 0 Å². The van der Waals surface area contributed by atoms with Crippen LogP contribution in [0.1, 0.15) is 65.0 Å². The van der Waals surface area contributed by atoms with Crippen LogP contribution in [-0.4, -0.2) is 16.7 Å². The van der Waals surface area contributed by atoms with E-state index in [-0.39, 0.29) is 11.8 Å². The normalized spacial score (nSPS) is 27.3. The molecule has 2 aliphatic rings. The van der Waals surface area contributed by atoms with Crippen molar-refractivity contribution in [3.63, 3.8) is 0 Å². The predicted octanol–water partition coefficient (Wildman–Crippen LogP) is 5.80. The molecule has 0 radical (unpaired) electrons. The first-order chi connectivity index (χ1) is 12.6. The van der Waals surface area contributed by atoms with Crippen molar-refractivity contribution >= 4 is 29.0 Å². The van der Waals surface area contributed by atoms with Crippen molar-refractivity contribution < 1.29 is 4.79 Å². The van der Waals surface area contributed by atoms with E-state index in [0.717, 1.165) is 24.0 Å². The van der Waals surface area contributed by atoms with E-state index in [1.807, 2.05) is 54.6 Å². The molecule has 0 spiro atoms. The van der Waals surface area contributed by atoms with Crippen LogP contribution in [0.5, 0.6) is 0 Å². The number of carbonyl (C=O) groups is 1. The van der Waals surface area contributed by atoms with Crippen molar-refractivity contribution in [3.8, 4) is 0 Å². The zero-order chi connectivity index (χ0) is 18.1. The van der Waals surface area contributed by atoms with E-state index in [2.05, 4.69) is 5.32 Å². The summed E-state index contributed by atoms with van der Waals surface area (Å²) in [5.74, 6) is -0.0769. The van der Waals surface area contributed by atoms with Crippen molar-refractivity contribution in [3.05, 3.63) is 71.3 Å². The van der Waals surface area contributed by atoms with Gasteiger partial charge in [-0.05, 0) is 24.0 Å². The minimum atomic E-state index is -1.22. The first kappa shape index (κ1) is 18.0. The van der Waals surface area contributed by atoms with Gasteiger partial charge in [-0.3, -0.25) is 4.79 Å². The van der Waals surface area contributed by atoms with E-state index in [1.54, 1.807) is 0 Å². The first-order valence-electron chi connectivity index (χ1n) is 9.40. The lowest BCUT2D eigenvalue weighted by atomic mass is 9.88. The molecule has 2 aromatic rings. The van der Waals surface area contributed by atoms with Gasteiger partial charge in [-0.2, -0.15) is 0 Å². The number of ketones is 1. The average Bonchev–Trinajstić information content (AvgIpc) is 2.92. The Morgan fingerprint density at radius 2 is 1.62 bits per heavy atom. The fraction of sp³-hybridized carbons (Fsp3) is 0.409. The highest BCUT2D eigenvalue weighted by Gasteiger charge is 2.57. The van der Waals surface area contributed by atoms with Crippen LogP contribution in [0.2, 0.25) is 0 Å². The fourth-order valence-electron chi connectivity index (χ4n) is 4.36. The number of alkyl halides is 2. The maximum Gasteiger partial charge on any atom is 0.187 e. The minimum absolute atomic E-state index is 0.0769. The molecule has 136 valence electrons. The van der Waals surface area contributed by atoms with Crippen LogP contribution >= 0.6 is 23.2 Å². The average molecular weight is 388 g/mol. The van der Waals surface area contributed by atoms with Crippen molar-refractivity contribution in [1.29, 1.82) is 0 Å². The Labute approximate surface area is 164 Å². The van der Waals surface area contributed by atoms with Gasteiger partial charge in [0.25, 0.3) is 0 Å². The standard InChI is InChI=1S/C22H23Cl2NO/c23-19(15-9-3-1-4-10-15)22(24)20(25-16-11-5-2-6-12-16)17-13-7-8-14-18(17)21(22)26/h1,3-4,7-10,13-14,16,19-20,25H,2,5-6,11-12H2. The van der Waals surface area contributed by atoms with Crippen LogP contribution < -0.4 is 5.32 Å². The predicted molar refractivity (Wildman–Crippen MR) is 107 cm³/mol. The Hall–Kier alpha value is -1.35. The summed E-state index contributed by atoms with van der Waals surface area (Å²) in [6.07, 6.45) is 5.97. The monoisotopic (exact) mass is 387 g/mol. The summed E-state index contributed by atoms with van der Waals surface area (Å²) in [6.45, 7) is 0. The smallest absolute Gasteiger partial charge is 0.187 e. The fourth-order valence-corrected chi connectivity index (χ4v) is 5.14. The lowest BCUT2D eigenvalue weighted by molar-refractivity contribution is 0.0928. The number of nitrogens with one attached hydrogen (secondary N) is 1. The molecule has 3 atom stereocenters. The molecule has 2 aromatic carbocycles. The van der Waals surface area contributed by atoms with Crippen molar-refractivity contribution in [1.82, 2.24) is 5.32 Å². The molecule has 2 aliphatic carbocycles. The van der Waals surface area contributed by atoms with Crippen LogP contribution in [0.25, 0.3) is 0 Å². The molecule has 1 fully saturated rings. The van der Waals surface area contributed by atoms with Crippen molar-refractivity contribution in [2.75, 3.05) is 0 Å². The van der Waals surface area contributed by atoms with E-state index in [0.29, 0.717) is 11.6 Å². The second kappa shape index (κ2) is 7.34. The molecule has 0 heterocycles. The quantitative estimate of drug-likeness (QED) is 0.671. The van der Waals surface area contributed by atoms with Crippen LogP contribution in [0.15, 0.2) is 54.6 Å². The Morgan fingerprint density at radius 1 is 0.962 bits per heavy atom. The van der Waals surface area contributed by atoms with Gasteiger partial charge in [0.1, 0.15) is 4.87 Å². The molecule has 0 saturated heterocycles. The molecule has 4 rings (SSSR count). The summed E-state index contributed by atoms with van der Waals surface area (Å²) in [5, 5.41) is 3.10. The van der Waals surface area contributed by atoms with Gasteiger partial charge in [0.05, 0.1) is 11.4 Å². The summed E-state index contributed by atoms with van der Waals surface area (Å²) in [4.78, 5) is 12.1. The molecule has 3 unspecified atom stereocenters. The molecule has 0 amide bonds. The van der Waals surface area contributed by atoms with Crippen LogP contribution in [-0.2, 0) is 0 Å². The highest BCUT2D eigenvalue weighted by Crippen LogP contribution is 2.53. The molecule has 26 heavy (non-hydrogen) atoms. The molecule has 0 aromatic heterocycles. The third-order valence-corrected chi connectivity index (χ3v) is 7.07. The van der Waals surface area contributed by atoms with E-state index in [1.165, 1.54) is 19.3 Å². The molecular weight excluding hydrogens is 365 g/mol. The Bertz CT molecular complexity index is 788. The van der Waals surface area contributed by atoms with Gasteiger partial charge in [-0.1, -0.05) is 73.9 Å². The number of rotatable bonds is 4. The largest absolute Gasteiger partial charge is 0.305 e. The van der Waals surface area contributed by atoms with Crippen LogP contribution in [0.4, 0.5) is 0 Å². The number of carbonyl (C=O) groups excluding carboxylic acids is 1. The molecule has 0 aliphatic heterocycles. The number of hydrogen-bond donors (Lipinski definition) is 1. The topological polar surface area (TPSA) is 29.1 Å². The number of halogens is 2. The Kier molecular flexibility index (Phi) is 5.09. The lowest BCUT2D eigenvalue weighted by Crippen LogP contribution is -2.47. The van der Waals surface area contributed by atoms with E-state index in [9.17, 15) is 4.79 Å². The summed E-state index contributed by atoms with van der Waals surface area (Å²) in [7, 11) is 0. The van der Waals surface area contributed by atoms with E-state index in [4.69, 9.17) is 23.2 Å². The number of benzene rings is 2. The van der Waals surface area contributed by atoms with Gasteiger partial charge in [0, 0.05) is 11.6 Å². The van der Waals surface area contributed by atoms with Crippen molar-refractivity contribution in [2.24, 2.45) is 0 Å². The summed E-state index contributed by atoms with van der Waals surface area (Å²) in [5.41, 5.74) is 2.54. The second-order valence-electron chi connectivity index (χ2n) is 7.39. The van der Waals surface area contributed by atoms with E-state index < -0.39 is 10.3 Å². The summed E-state index contributed by atoms with van der Waals surface area (Å²) >= 11 is 14.0. The van der Waals surface area contributed by atoms with Crippen LogP contribution in [0, 0.1) is 0 Å². The van der Waals surface area contributed by atoms with E-state index >= 15 is 0 Å². The highest BCUT2D eigenvalue weighted by molar-refractivity contribution is 6.45. The summed E-state index contributed by atoms with van der Waals surface area (Å²) in [6, 6.07) is 17.5. The molecule has 1 N–H and O–H groups in total. The van der Waals surface area contributed by atoms with Gasteiger partial charge < -0.3 is 5.32 Å². The third-order valence-electron chi connectivity index (χ3n) is 5.75. The molecule has 0 bridgehead atoms. The first-order valence-corrected chi connectivity index (χ1v) is 10.2. The second-order valence-corrected chi connectivity index (χ2v) is 8.45. The zero-order valence-corrected chi connectivity index (χ0v) is 16.1. The van der Waals surface area contributed by atoms with Gasteiger partial charge in [-0.25, -0.2) is 0 Å². The molecule has 4 heteroatoms. The molecule has 2 nitrogen and oxygen atoms in total. The third kappa shape index (κ3) is 2.98. The van der Waals surface area contributed by atoms with Gasteiger partial charge in [0.15, 0.2) is 5.78 Å². The maximum atomic E-state index is 13.3. The maximum absolute atomic E-state index is 13.3. The Balaban J connectivity index is 1.74. The molecule has 1 saturated carbocycles. The SMILES string of the molecule is O=C1c2ccccc2C(NC2CCCCC2)C1(Cl)C(Cl)c1ccccc1.